The maximum atomic E-state index is 12.8. The van der Waals surface area contributed by atoms with Gasteiger partial charge in [0, 0.05) is 24.6 Å². The summed E-state index contributed by atoms with van der Waals surface area (Å²) in [6.45, 7) is 4.77. The van der Waals surface area contributed by atoms with E-state index in [1.807, 2.05) is 31.2 Å². The second kappa shape index (κ2) is 14.2. The zero-order valence-corrected chi connectivity index (χ0v) is 21.4. The number of aryl methyl sites for hydroxylation is 1. The van der Waals surface area contributed by atoms with Gasteiger partial charge < -0.3 is 9.84 Å². The number of aromatic nitrogens is 2. The quantitative estimate of drug-likeness (QED) is 0.212. The Bertz CT molecular complexity index is 1010. The predicted octanol–water partition coefficient (Wildman–Crippen LogP) is 8.68. The molecule has 0 saturated carbocycles. The van der Waals surface area contributed by atoms with E-state index in [0.717, 1.165) is 47.5 Å². The highest BCUT2D eigenvalue weighted by Crippen LogP contribution is 2.30. The average Bonchev–Trinajstić information content (AvgIpc) is 3.35. The van der Waals surface area contributed by atoms with E-state index in [2.05, 4.69) is 22.4 Å². The van der Waals surface area contributed by atoms with Crippen molar-refractivity contribution in [3.8, 4) is 11.5 Å². The Hall–Kier alpha value is -2.67. The summed E-state index contributed by atoms with van der Waals surface area (Å²) in [5, 5.41) is 7.48. The standard InChI is InChI=1S/C29H38F3N3O/c1-3-4-5-6-7-8-9-10-11-12-27-34-28(36-35-27)25-15-13-23(14-16-25)21-33-22(2)24-17-19-26(20-18-24)29(30,31)32/h13-20,22,33H,3-12,21H2,1-2H3. The van der Waals surface area contributed by atoms with E-state index in [1.165, 1.54) is 63.5 Å². The smallest absolute Gasteiger partial charge is 0.334 e. The Kier molecular flexibility index (Phi) is 11.0. The van der Waals surface area contributed by atoms with Crippen LogP contribution in [-0.4, -0.2) is 10.1 Å². The molecule has 0 aliphatic heterocycles. The van der Waals surface area contributed by atoms with E-state index in [9.17, 15) is 13.2 Å². The molecule has 0 spiro atoms. The minimum atomic E-state index is -4.32. The highest BCUT2D eigenvalue weighted by molar-refractivity contribution is 5.53. The second-order valence-corrected chi connectivity index (χ2v) is 9.51. The molecule has 0 aliphatic carbocycles. The van der Waals surface area contributed by atoms with Crippen molar-refractivity contribution in [2.24, 2.45) is 0 Å². The number of nitrogens with one attached hydrogen (secondary N) is 1. The van der Waals surface area contributed by atoms with Crippen molar-refractivity contribution in [1.82, 2.24) is 15.5 Å². The minimum Gasteiger partial charge on any atom is -0.334 e. The molecule has 1 unspecified atom stereocenters. The first kappa shape index (κ1) is 27.9. The number of hydrogen-bond donors (Lipinski definition) is 1. The maximum absolute atomic E-state index is 12.8. The van der Waals surface area contributed by atoms with Crippen LogP contribution in [0, 0.1) is 0 Å². The van der Waals surface area contributed by atoms with Gasteiger partial charge in [-0.15, -0.1) is 0 Å². The highest BCUT2D eigenvalue weighted by atomic mass is 19.4. The third-order valence-corrected chi connectivity index (χ3v) is 6.52. The molecule has 0 saturated heterocycles. The molecule has 1 aromatic heterocycles. The fourth-order valence-electron chi connectivity index (χ4n) is 4.18. The Labute approximate surface area is 212 Å². The van der Waals surface area contributed by atoms with Crippen LogP contribution in [0.3, 0.4) is 0 Å². The van der Waals surface area contributed by atoms with Crippen molar-refractivity contribution in [3.63, 3.8) is 0 Å². The molecular formula is C29H38F3N3O. The van der Waals surface area contributed by atoms with Gasteiger partial charge in [0.1, 0.15) is 0 Å². The lowest BCUT2D eigenvalue weighted by atomic mass is 10.1. The number of hydrogen-bond acceptors (Lipinski definition) is 4. The number of nitrogens with zero attached hydrogens (tertiary/aromatic N) is 2. The topological polar surface area (TPSA) is 51.0 Å². The molecule has 1 N–H and O–H groups in total. The predicted molar refractivity (Wildman–Crippen MR) is 137 cm³/mol. The molecule has 36 heavy (non-hydrogen) atoms. The van der Waals surface area contributed by atoms with Crippen molar-refractivity contribution < 1.29 is 17.7 Å². The second-order valence-electron chi connectivity index (χ2n) is 9.51. The molecular weight excluding hydrogens is 463 g/mol. The number of halogens is 3. The Morgan fingerprint density at radius 2 is 1.44 bits per heavy atom. The summed E-state index contributed by atoms with van der Waals surface area (Å²) < 4.78 is 43.7. The Balaban J connectivity index is 1.39. The normalized spacial score (nSPS) is 12.7. The van der Waals surface area contributed by atoms with Crippen LogP contribution >= 0.6 is 0 Å². The summed E-state index contributed by atoms with van der Waals surface area (Å²) in [5.74, 6) is 1.28. The van der Waals surface area contributed by atoms with Crippen LogP contribution in [0.4, 0.5) is 13.2 Å². The fraction of sp³-hybridized carbons (Fsp3) is 0.517. The third kappa shape index (κ3) is 9.08. The molecule has 0 amide bonds. The Morgan fingerprint density at radius 1 is 0.833 bits per heavy atom. The molecule has 4 nitrogen and oxygen atoms in total. The van der Waals surface area contributed by atoms with Gasteiger partial charge in [0.05, 0.1) is 5.56 Å². The van der Waals surface area contributed by atoms with Crippen LogP contribution in [0.25, 0.3) is 11.5 Å². The van der Waals surface area contributed by atoms with Crippen molar-refractivity contribution >= 4 is 0 Å². The summed E-state index contributed by atoms with van der Waals surface area (Å²) >= 11 is 0. The molecule has 196 valence electrons. The van der Waals surface area contributed by atoms with Crippen molar-refractivity contribution in [2.75, 3.05) is 0 Å². The number of benzene rings is 2. The molecule has 0 radical (unpaired) electrons. The van der Waals surface area contributed by atoms with Crippen LogP contribution < -0.4 is 5.32 Å². The van der Waals surface area contributed by atoms with E-state index in [0.29, 0.717) is 12.4 Å². The van der Waals surface area contributed by atoms with E-state index >= 15 is 0 Å². The summed E-state index contributed by atoms with van der Waals surface area (Å²) in [6.07, 6.45) is 8.08. The zero-order valence-electron chi connectivity index (χ0n) is 21.4. The summed E-state index contributed by atoms with van der Waals surface area (Å²) in [7, 11) is 0. The van der Waals surface area contributed by atoms with Gasteiger partial charge in [0.2, 0.25) is 0 Å². The maximum Gasteiger partial charge on any atom is 0.416 e. The zero-order chi connectivity index (χ0) is 25.8. The van der Waals surface area contributed by atoms with Gasteiger partial charge in [-0.3, -0.25) is 0 Å². The summed E-state index contributed by atoms with van der Waals surface area (Å²) in [5.41, 5.74) is 2.11. The SMILES string of the molecule is CCCCCCCCCCCc1noc(-c2ccc(CNC(C)c3ccc(C(F)(F)F)cc3)cc2)n1. The Morgan fingerprint density at radius 3 is 2.06 bits per heavy atom. The minimum absolute atomic E-state index is 0.0773. The molecule has 1 heterocycles. The van der Waals surface area contributed by atoms with Crippen LogP contribution in [-0.2, 0) is 19.1 Å². The first-order valence-corrected chi connectivity index (χ1v) is 13.2. The summed E-state index contributed by atoms with van der Waals surface area (Å²) in [4.78, 5) is 4.54. The monoisotopic (exact) mass is 501 g/mol. The molecule has 0 bridgehead atoms. The van der Waals surface area contributed by atoms with Crippen molar-refractivity contribution in [3.05, 3.63) is 71.0 Å². The van der Waals surface area contributed by atoms with Crippen molar-refractivity contribution in [1.29, 1.82) is 0 Å². The van der Waals surface area contributed by atoms with Crippen LogP contribution in [0.2, 0.25) is 0 Å². The van der Waals surface area contributed by atoms with Crippen LogP contribution in [0.15, 0.2) is 53.1 Å². The van der Waals surface area contributed by atoms with E-state index in [-0.39, 0.29) is 6.04 Å². The largest absolute Gasteiger partial charge is 0.416 e. The lowest BCUT2D eigenvalue weighted by Crippen LogP contribution is -2.18. The average molecular weight is 502 g/mol. The van der Waals surface area contributed by atoms with Gasteiger partial charge in [-0.1, -0.05) is 87.7 Å². The van der Waals surface area contributed by atoms with Crippen LogP contribution in [0.1, 0.15) is 100 Å². The number of rotatable bonds is 15. The van der Waals surface area contributed by atoms with E-state index in [4.69, 9.17) is 4.52 Å². The van der Waals surface area contributed by atoms with Gasteiger partial charge in [0.15, 0.2) is 5.82 Å². The highest BCUT2D eigenvalue weighted by Gasteiger charge is 2.30. The number of alkyl halides is 3. The lowest BCUT2D eigenvalue weighted by Gasteiger charge is -2.15. The molecule has 1 atom stereocenters. The van der Waals surface area contributed by atoms with Gasteiger partial charge in [-0.2, -0.15) is 18.2 Å². The van der Waals surface area contributed by atoms with Gasteiger partial charge >= 0.3 is 6.18 Å². The third-order valence-electron chi connectivity index (χ3n) is 6.52. The van der Waals surface area contributed by atoms with Crippen molar-refractivity contribution in [2.45, 2.75) is 96.8 Å². The van der Waals surface area contributed by atoms with E-state index in [1.54, 1.807) is 0 Å². The van der Waals surface area contributed by atoms with Gasteiger partial charge in [-0.25, -0.2) is 0 Å². The molecule has 2 aromatic carbocycles. The first-order valence-electron chi connectivity index (χ1n) is 13.2. The van der Waals surface area contributed by atoms with E-state index < -0.39 is 11.7 Å². The molecule has 7 heteroatoms. The molecule has 3 aromatic rings. The van der Waals surface area contributed by atoms with Crippen LogP contribution in [0.5, 0.6) is 0 Å². The molecule has 0 fully saturated rings. The van der Waals surface area contributed by atoms with Gasteiger partial charge in [0.25, 0.3) is 5.89 Å². The fourth-order valence-corrected chi connectivity index (χ4v) is 4.18. The molecule has 3 rings (SSSR count). The van der Waals surface area contributed by atoms with Gasteiger partial charge in [-0.05, 0) is 48.7 Å². The summed E-state index contributed by atoms with van der Waals surface area (Å²) in [6, 6.07) is 13.1. The first-order chi connectivity index (χ1) is 17.4. The number of unbranched alkanes of at least 4 members (excludes halogenated alkanes) is 8. The lowest BCUT2D eigenvalue weighted by molar-refractivity contribution is -0.137. The molecule has 0 aliphatic rings.